The number of ether oxygens (including phenoxy) is 1. The van der Waals surface area contributed by atoms with Crippen LogP contribution in [0.4, 0.5) is 0 Å². The molecule has 0 spiro atoms. The van der Waals surface area contributed by atoms with Gasteiger partial charge in [-0.3, -0.25) is 4.98 Å². The Kier molecular flexibility index (Phi) is 4.10. The predicted octanol–water partition coefficient (Wildman–Crippen LogP) is 4.89. The van der Waals surface area contributed by atoms with E-state index in [0.29, 0.717) is 45.2 Å². The van der Waals surface area contributed by atoms with E-state index in [2.05, 4.69) is 15.1 Å². The summed E-state index contributed by atoms with van der Waals surface area (Å²) in [5.41, 5.74) is 4.51. The molecule has 1 unspecified atom stereocenters. The van der Waals surface area contributed by atoms with Crippen molar-refractivity contribution < 1.29 is 9.15 Å². The molecule has 2 aromatic carbocycles. The topological polar surface area (TPSA) is 95.4 Å². The summed E-state index contributed by atoms with van der Waals surface area (Å²) >= 11 is 0. The minimum absolute atomic E-state index is 0.389. The van der Waals surface area contributed by atoms with E-state index in [1.165, 1.54) is 0 Å². The lowest BCUT2D eigenvalue weighted by Gasteiger charge is -2.27. The van der Waals surface area contributed by atoms with Gasteiger partial charge >= 0.3 is 5.63 Å². The van der Waals surface area contributed by atoms with E-state index in [-0.39, 0.29) is 0 Å². The maximum atomic E-state index is 13.4. The number of para-hydroxylation sites is 1. The Morgan fingerprint density at radius 1 is 0.943 bits per heavy atom. The van der Waals surface area contributed by atoms with Crippen molar-refractivity contribution in [3.8, 4) is 23.0 Å². The molecule has 0 radical (unpaired) electrons. The van der Waals surface area contributed by atoms with Crippen LogP contribution in [0.5, 0.6) is 11.6 Å². The Labute approximate surface area is 198 Å². The SMILES string of the molecule is Cc1ccc(C2c3c(c4ccccc4oc3=O)Oc3ncn4nc(-c5ccncc5)nc4c32)cc1. The molecule has 1 aliphatic rings. The second-order valence-electron chi connectivity index (χ2n) is 8.48. The average Bonchev–Trinajstić information content (AvgIpc) is 3.33. The number of aromatic nitrogens is 5. The molecule has 0 fully saturated rings. The second kappa shape index (κ2) is 7.33. The molecule has 0 bridgehead atoms. The standard InChI is InChI=1S/C27H17N5O3/c1-15-6-8-16(9-7-15)20-21-23(18-4-2-3-5-19(18)34-27(21)33)35-26-22(20)25-30-24(31-32(25)14-29-26)17-10-12-28-13-11-17/h2-14,20H,1H3. The number of hydrogen-bond donors (Lipinski definition) is 0. The highest BCUT2D eigenvalue weighted by Crippen LogP contribution is 2.48. The fourth-order valence-electron chi connectivity index (χ4n) is 4.64. The largest absolute Gasteiger partial charge is 0.437 e. The third kappa shape index (κ3) is 2.96. The van der Waals surface area contributed by atoms with Crippen molar-refractivity contribution in [1.82, 2.24) is 24.6 Å². The Balaban J connectivity index is 1.56. The number of pyridine rings is 1. The van der Waals surface area contributed by atoms with Crippen LogP contribution in [0.1, 0.15) is 28.2 Å². The minimum atomic E-state index is -0.499. The molecule has 6 aromatic rings. The molecule has 8 nitrogen and oxygen atoms in total. The van der Waals surface area contributed by atoms with Crippen molar-refractivity contribution in [3.63, 3.8) is 0 Å². The Morgan fingerprint density at radius 2 is 1.74 bits per heavy atom. The Morgan fingerprint density at radius 3 is 2.57 bits per heavy atom. The van der Waals surface area contributed by atoms with E-state index in [9.17, 15) is 4.79 Å². The highest BCUT2D eigenvalue weighted by Gasteiger charge is 2.37. The zero-order valence-corrected chi connectivity index (χ0v) is 18.5. The van der Waals surface area contributed by atoms with E-state index in [4.69, 9.17) is 14.1 Å². The summed E-state index contributed by atoms with van der Waals surface area (Å²) in [6, 6.07) is 19.1. The molecule has 4 aromatic heterocycles. The molecule has 0 N–H and O–H groups in total. The van der Waals surface area contributed by atoms with Gasteiger partial charge in [0.1, 0.15) is 11.9 Å². The maximum Gasteiger partial charge on any atom is 0.344 e. The number of benzene rings is 2. The summed E-state index contributed by atoms with van der Waals surface area (Å²) in [6.45, 7) is 2.02. The number of aryl methyl sites for hydroxylation is 1. The van der Waals surface area contributed by atoms with Crippen LogP contribution in [0, 0.1) is 6.92 Å². The first-order valence-corrected chi connectivity index (χ1v) is 11.1. The highest BCUT2D eigenvalue weighted by atomic mass is 16.5. The molecule has 0 saturated carbocycles. The first-order chi connectivity index (χ1) is 17.2. The molecular weight excluding hydrogens is 442 g/mol. The van der Waals surface area contributed by atoms with Crippen LogP contribution in [0.15, 0.2) is 88.6 Å². The van der Waals surface area contributed by atoms with Gasteiger partial charge in [-0.2, -0.15) is 0 Å². The van der Waals surface area contributed by atoms with Gasteiger partial charge in [0, 0.05) is 18.0 Å². The molecule has 8 heteroatoms. The van der Waals surface area contributed by atoms with E-state index in [1.54, 1.807) is 29.3 Å². The normalized spacial score (nSPS) is 14.5. The third-order valence-electron chi connectivity index (χ3n) is 6.31. The lowest BCUT2D eigenvalue weighted by molar-refractivity contribution is 0.422. The molecule has 5 heterocycles. The fourth-order valence-corrected chi connectivity index (χ4v) is 4.64. The summed E-state index contributed by atoms with van der Waals surface area (Å²) in [6.07, 6.45) is 4.97. The minimum Gasteiger partial charge on any atom is -0.437 e. The Hall–Kier alpha value is -4.85. The highest BCUT2D eigenvalue weighted by molar-refractivity contribution is 5.86. The summed E-state index contributed by atoms with van der Waals surface area (Å²) in [4.78, 5) is 26.9. The molecule has 1 aliphatic heterocycles. The molecule has 7 rings (SSSR count). The zero-order valence-electron chi connectivity index (χ0n) is 18.5. The number of hydrogen-bond acceptors (Lipinski definition) is 7. The van der Waals surface area contributed by atoms with Gasteiger partial charge in [-0.15, -0.1) is 5.10 Å². The molecule has 0 saturated heterocycles. The quantitative estimate of drug-likeness (QED) is 0.340. The smallest absolute Gasteiger partial charge is 0.344 e. The van der Waals surface area contributed by atoms with Crippen LogP contribution in [-0.2, 0) is 0 Å². The molecule has 168 valence electrons. The van der Waals surface area contributed by atoms with Crippen LogP contribution >= 0.6 is 0 Å². The van der Waals surface area contributed by atoms with Crippen LogP contribution in [0.25, 0.3) is 28.0 Å². The van der Waals surface area contributed by atoms with Gasteiger partial charge in [-0.1, -0.05) is 42.0 Å². The molecule has 1 atom stereocenters. The van der Waals surface area contributed by atoms with Crippen molar-refractivity contribution in [2.24, 2.45) is 0 Å². The van der Waals surface area contributed by atoms with Gasteiger partial charge < -0.3 is 9.15 Å². The van der Waals surface area contributed by atoms with E-state index < -0.39 is 11.5 Å². The lowest BCUT2D eigenvalue weighted by atomic mass is 9.84. The zero-order chi connectivity index (χ0) is 23.5. The van der Waals surface area contributed by atoms with Crippen LogP contribution in [0.2, 0.25) is 0 Å². The van der Waals surface area contributed by atoms with Crippen molar-refractivity contribution in [2.45, 2.75) is 12.8 Å². The number of rotatable bonds is 2. The van der Waals surface area contributed by atoms with Crippen LogP contribution < -0.4 is 10.4 Å². The van der Waals surface area contributed by atoms with Gasteiger partial charge in [0.15, 0.2) is 17.2 Å². The van der Waals surface area contributed by atoms with Crippen LogP contribution in [-0.4, -0.2) is 24.6 Å². The van der Waals surface area contributed by atoms with E-state index >= 15 is 0 Å². The maximum absolute atomic E-state index is 13.4. The first kappa shape index (κ1) is 19.6. The van der Waals surface area contributed by atoms with Crippen molar-refractivity contribution in [2.75, 3.05) is 0 Å². The summed E-state index contributed by atoms with van der Waals surface area (Å²) in [5, 5.41) is 5.33. The fraction of sp³-hybridized carbons (Fsp3) is 0.0741. The van der Waals surface area contributed by atoms with E-state index in [1.807, 2.05) is 61.5 Å². The van der Waals surface area contributed by atoms with Gasteiger partial charge in [-0.25, -0.2) is 19.3 Å². The van der Waals surface area contributed by atoms with Crippen molar-refractivity contribution in [3.05, 3.63) is 112 Å². The van der Waals surface area contributed by atoms with Gasteiger partial charge in [0.05, 0.1) is 22.4 Å². The summed E-state index contributed by atoms with van der Waals surface area (Å²) in [7, 11) is 0. The molecule has 0 amide bonds. The number of nitrogens with zero attached hydrogens (tertiary/aromatic N) is 5. The van der Waals surface area contributed by atoms with Crippen molar-refractivity contribution in [1.29, 1.82) is 0 Å². The van der Waals surface area contributed by atoms with Crippen LogP contribution in [0.3, 0.4) is 0 Å². The van der Waals surface area contributed by atoms with E-state index in [0.717, 1.165) is 16.7 Å². The first-order valence-electron chi connectivity index (χ1n) is 11.1. The second-order valence-corrected chi connectivity index (χ2v) is 8.48. The van der Waals surface area contributed by atoms with Gasteiger partial charge in [0.25, 0.3) is 0 Å². The third-order valence-corrected chi connectivity index (χ3v) is 6.31. The average molecular weight is 459 g/mol. The molecule has 35 heavy (non-hydrogen) atoms. The van der Waals surface area contributed by atoms with Crippen molar-refractivity contribution >= 4 is 16.6 Å². The summed E-state index contributed by atoms with van der Waals surface area (Å²) < 4.78 is 13.7. The molecule has 0 aliphatic carbocycles. The molecular formula is C27H17N5O3. The summed E-state index contributed by atoms with van der Waals surface area (Å²) in [5.74, 6) is 0.878. The monoisotopic (exact) mass is 459 g/mol. The number of fused-ring (bicyclic) bond motifs is 6. The van der Waals surface area contributed by atoms with Gasteiger partial charge in [0.2, 0.25) is 5.88 Å². The predicted molar refractivity (Wildman–Crippen MR) is 129 cm³/mol. The van der Waals surface area contributed by atoms with Gasteiger partial charge in [-0.05, 0) is 36.8 Å². The Bertz CT molecular complexity index is 1810. The lowest BCUT2D eigenvalue weighted by Crippen LogP contribution is -2.22.